The van der Waals surface area contributed by atoms with Crippen LogP contribution in [0.1, 0.15) is 25.7 Å². The summed E-state index contributed by atoms with van der Waals surface area (Å²) in [5.41, 5.74) is 1.52. The van der Waals surface area contributed by atoms with Crippen LogP contribution in [-0.4, -0.2) is 63.6 Å². The minimum absolute atomic E-state index is 0.0254. The molecule has 0 spiro atoms. The highest BCUT2D eigenvalue weighted by Gasteiger charge is 2.30. The van der Waals surface area contributed by atoms with E-state index in [0.717, 1.165) is 36.8 Å². The number of carbonyl (C=O) groups is 3. The topological polar surface area (TPSA) is 94.9 Å². The number of aliphatic carboxylic acids is 1. The quantitative estimate of drug-likeness (QED) is 0.828. The number of hydrogen-bond donors (Lipinski definition) is 2. The molecule has 0 unspecified atom stereocenters. The molecule has 29 heavy (non-hydrogen) atoms. The lowest BCUT2D eigenvalue weighted by atomic mass is 9.96. The van der Waals surface area contributed by atoms with Crippen LogP contribution in [0.25, 0.3) is 10.9 Å². The average molecular weight is 398 g/mol. The summed E-state index contributed by atoms with van der Waals surface area (Å²) in [7, 11) is 0. The van der Waals surface area contributed by atoms with Crippen molar-refractivity contribution in [2.75, 3.05) is 31.5 Å². The van der Waals surface area contributed by atoms with Gasteiger partial charge in [-0.25, -0.2) is 4.79 Å². The maximum absolute atomic E-state index is 12.7. The molecule has 8 nitrogen and oxygen atoms in total. The Labute approximate surface area is 169 Å². The van der Waals surface area contributed by atoms with Crippen molar-refractivity contribution >= 4 is 34.5 Å². The van der Waals surface area contributed by atoms with Crippen LogP contribution in [0.3, 0.4) is 0 Å². The second-order valence-electron chi connectivity index (χ2n) is 7.84. The second kappa shape index (κ2) is 8.14. The van der Waals surface area contributed by atoms with E-state index in [1.54, 1.807) is 16.8 Å². The van der Waals surface area contributed by atoms with Crippen LogP contribution in [0.15, 0.2) is 30.5 Å². The number of nitrogens with one attached hydrogen (secondary N) is 1. The molecule has 8 heteroatoms. The first-order valence-corrected chi connectivity index (χ1v) is 10.2. The zero-order chi connectivity index (χ0) is 20.4. The van der Waals surface area contributed by atoms with Crippen LogP contribution in [0.4, 0.5) is 10.5 Å². The summed E-state index contributed by atoms with van der Waals surface area (Å²) in [5, 5.41) is 12.8. The predicted molar refractivity (Wildman–Crippen MR) is 109 cm³/mol. The molecular weight excluding hydrogens is 372 g/mol. The smallest absolute Gasteiger partial charge is 0.323 e. The standard InChI is InChI=1S/C21H26N4O4/c26-19(27)14-25-12-7-16-13-17(3-4-18(16)25)22-20(28)15-5-10-24(11-6-15)21(29)23-8-1-2-9-23/h3-4,7,12-13,15H,1-2,5-6,8-11,14H2,(H,22,28)(H,26,27). The second-order valence-corrected chi connectivity index (χ2v) is 7.84. The summed E-state index contributed by atoms with van der Waals surface area (Å²) < 4.78 is 1.66. The zero-order valence-electron chi connectivity index (χ0n) is 16.3. The number of nitrogens with zero attached hydrogens (tertiary/aromatic N) is 3. The van der Waals surface area contributed by atoms with E-state index in [2.05, 4.69) is 5.32 Å². The van der Waals surface area contributed by atoms with Gasteiger partial charge in [-0.15, -0.1) is 0 Å². The molecular formula is C21H26N4O4. The maximum Gasteiger partial charge on any atom is 0.323 e. The van der Waals surface area contributed by atoms with E-state index in [1.807, 2.05) is 28.0 Å². The molecule has 4 rings (SSSR count). The monoisotopic (exact) mass is 398 g/mol. The fourth-order valence-corrected chi connectivity index (χ4v) is 4.25. The first kappa shape index (κ1) is 19.3. The van der Waals surface area contributed by atoms with Crippen molar-refractivity contribution in [3.8, 4) is 0 Å². The van der Waals surface area contributed by atoms with Crippen molar-refractivity contribution in [1.82, 2.24) is 14.4 Å². The summed E-state index contributed by atoms with van der Waals surface area (Å²) in [6, 6.07) is 7.43. The molecule has 2 aliphatic rings. The van der Waals surface area contributed by atoms with Crippen LogP contribution in [0, 0.1) is 5.92 Å². The minimum Gasteiger partial charge on any atom is -0.480 e. The maximum atomic E-state index is 12.7. The van der Waals surface area contributed by atoms with Crippen LogP contribution < -0.4 is 5.32 Å². The number of urea groups is 1. The molecule has 2 fully saturated rings. The van der Waals surface area contributed by atoms with Gasteiger partial charge < -0.3 is 24.8 Å². The van der Waals surface area contributed by atoms with E-state index in [-0.39, 0.29) is 24.4 Å². The molecule has 154 valence electrons. The molecule has 3 heterocycles. The first-order chi connectivity index (χ1) is 14.0. The van der Waals surface area contributed by atoms with E-state index < -0.39 is 5.97 Å². The SMILES string of the molecule is O=C(O)Cn1ccc2cc(NC(=O)C3CCN(C(=O)N4CCCC4)CC3)ccc21. The fraction of sp³-hybridized carbons (Fsp3) is 0.476. The zero-order valence-corrected chi connectivity index (χ0v) is 16.3. The Morgan fingerprint density at radius 1 is 1.00 bits per heavy atom. The minimum atomic E-state index is -0.894. The number of hydrogen-bond acceptors (Lipinski definition) is 3. The number of piperidine rings is 1. The van der Waals surface area contributed by atoms with Crippen LogP contribution >= 0.6 is 0 Å². The van der Waals surface area contributed by atoms with Gasteiger partial charge in [-0.05, 0) is 49.9 Å². The Balaban J connectivity index is 1.34. The first-order valence-electron chi connectivity index (χ1n) is 10.2. The molecule has 2 aliphatic heterocycles. The molecule has 1 aromatic heterocycles. The summed E-state index contributed by atoms with van der Waals surface area (Å²) in [5.74, 6) is -1.03. The third-order valence-corrected chi connectivity index (χ3v) is 5.86. The van der Waals surface area contributed by atoms with Gasteiger partial charge >= 0.3 is 12.0 Å². The normalized spacial score (nSPS) is 17.7. The number of likely N-dealkylation sites (tertiary alicyclic amines) is 2. The fourth-order valence-electron chi connectivity index (χ4n) is 4.25. The van der Waals surface area contributed by atoms with Gasteiger partial charge in [-0.3, -0.25) is 9.59 Å². The van der Waals surface area contributed by atoms with Crippen molar-refractivity contribution in [2.24, 2.45) is 5.92 Å². The molecule has 3 amide bonds. The van der Waals surface area contributed by atoms with Gasteiger partial charge in [-0.1, -0.05) is 0 Å². The van der Waals surface area contributed by atoms with E-state index in [1.165, 1.54) is 0 Å². The number of amides is 3. The van der Waals surface area contributed by atoms with Crippen molar-refractivity contribution in [3.05, 3.63) is 30.5 Å². The number of carbonyl (C=O) groups excluding carboxylic acids is 2. The lowest BCUT2D eigenvalue weighted by Crippen LogP contribution is -2.47. The molecule has 2 aromatic rings. The van der Waals surface area contributed by atoms with Crippen molar-refractivity contribution in [1.29, 1.82) is 0 Å². The molecule has 2 N–H and O–H groups in total. The largest absolute Gasteiger partial charge is 0.480 e. The number of carboxylic acids is 1. The number of fused-ring (bicyclic) bond motifs is 1. The molecule has 0 bridgehead atoms. The number of aromatic nitrogens is 1. The molecule has 0 radical (unpaired) electrons. The summed E-state index contributed by atoms with van der Waals surface area (Å²) >= 11 is 0. The Hall–Kier alpha value is -3.03. The highest BCUT2D eigenvalue weighted by Crippen LogP contribution is 2.24. The lowest BCUT2D eigenvalue weighted by molar-refractivity contribution is -0.137. The highest BCUT2D eigenvalue weighted by molar-refractivity contribution is 5.95. The highest BCUT2D eigenvalue weighted by atomic mass is 16.4. The van der Waals surface area contributed by atoms with E-state index >= 15 is 0 Å². The van der Waals surface area contributed by atoms with Crippen LogP contribution in [0.2, 0.25) is 0 Å². The molecule has 0 aliphatic carbocycles. The number of benzene rings is 1. The van der Waals surface area contributed by atoms with Crippen molar-refractivity contribution < 1.29 is 19.5 Å². The van der Waals surface area contributed by atoms with Crippen molar-refractivity contribution in [2.45, 2.75) is 32.2 Å². The van der Waals surface area contributed by atoms with Gasteiger partial charge in [0, 0.05) is 54.9 Å². The van der Waals surface area contributed by atoms with Gasteiger partial charge in [0.15, 0.2) is 0 Å². The Bertz CT molecular complexity index is 924. The van der Waals surface area contributed by atoms with E-state index in [4.69, 9.17) is 5.11 Å². The van der Waals surface area contributed by atoms with Gasteiger partial charge in [0.1, 0.15) is 6.54 Å². The summed E-state index contributed by atoms with van der Waals surface area (Å²) in [4.78, 5) is 39.9. The van der Waals surface area contributed by atoms with E-state index in [0.29, 0.717) is 31.6 Å². The summed E-state index contributed by atoms with van der Waals surface area (Å²) in [6.07, 6.45) is 5.23. The summed E-state index contributed by atoms with van der Waals surface area (Å²) in [6.45, 7) is 2.82. The predicted octanol–water partition coefficient (Wildman–Crippen LogP) is 2.59. The third-order valence-electron chi connectivity index (χ3n) is 5.86. The Morgan fingerprint density at radius 3 is 2.38 bits per heavy atom. The number of rotatable bonds is 4. The molecule has 0 atom stereocenters. The molecule has 0 saturated carbocycles. The lowest BCUT2D eigenvalue weighted by Gasteiger charge is -2.34. The van der Waals surface area contributed by atoms with Gasteiger partial charge in [0.25, 0.3) is 0 Å². The molecule has 2 saturated heterocycles. The van der Waals surface area contributed by atoms with Crippen LogP contribution in [-0.2, 0) is 16.1 Å². The molecule has 1 aromatic carbocycles. The van der Waals surface area contributed by atoms with Gasteiger partial charge in [-0.2, -0.15) is 0 Å². The van der Waals surface area contributed by atoms with Crippen LogP contribution in [0.5, 0.6) is 0 Å². The average Bonchev–Trinajstić information content (AvgIpc) is 3.38. The van der Waals surface area contributed by atoms with Crippen molar-refractivity contribution in [3.63, 3.8) is 0 Å². The Morgan fingerprint density at radius 2 is 1.69 bits per heavy atom. The third kappa shape index (κ3) is 4.21. The Kier molecular flexibility index (Phi) is 5.42. The van der Waals surface area contributed by atoms with E-state index in [9.17, 15) is 14.4 Å². The van der Waals surface area contributed by atoms with Gasteiger partial charge in [0.05, 0.1) is 0 Å². The number of carboxylic acid groups (broad SMARTS) is 1. The van der Waals surface area contributed by atoms with Gasteiger partial charge in [0.2, 0.25) is 5.91 Å². The number of anilines is 1.